The van der Waals surface area contributed by atoms with Crippen molar-refractivity contribution < 1.29 is 14.3 Å². The highest BCUT2D eigenvalue weighted by Crippen LogP contribution is 2.28. The summed E-state index contributed by atoms with van der Waals surface area (Å²) in [6.45, 7) is 6.68. The van der Waals surface area contributed by atoms with Gasteiger partial charge in [0.1, 0.15) is 11.0 Å². The van der Waals surface area contributed by atoms with Crippen molar-refractivity contribution in [1.82, 2.24) is 14.9 Å². The zero-order valence-corrected chi connectivity index (χ0v) is 21.1. The molecule has 1 heterocycles. The maximum Gasteiger partial charge on any atom is 0.232 e. The van der Waals surface area contributed by atoms with Crippen LogP contribution in [0.1, 0.15) is 32.3 Å². The van der Waals surface area contributed by atoms with Gasteiger partial charge in [0.2, 0.25) is 5.91 Å². The van der Waals surface area contributed by atoms with E-state index in [0.29, 0.717) is 34.8 Å². The number of thioether (sulfide) groups is 1. The molecule has 0 atom stereocenters. The molecule has 9 heteroatoms. The first-order valence-corrected chi connectivity index (χ1v) is 12.1. The normalized spacial score (nSPS) is 10.7. The maximum atomic E-state index is 12.6. The van der Waals surface area contributed by atoms with Crippen LogP contribution in [0.4, 0.5) is 5.82 Å². The molecule has 2 aromatic rings. The van der Waals surface area contributed by atoms with Gasteiger partial charge in [-0.3, -0.25) is 4.79 Å². The average Bonchev–Trinajstić information content (AvgIpc) is 2.80. The summed E-state index contributed by atoms with van der Waals surface area (Å²) in [6.07, 6.45) is 2.76. The topological polar surface area (TPSA) is 67.8 Å². The summed E-state index contributed by atoms with van der Waals surface area (Å²) in [7, 11) is 5.03. The molecular formula is C23H33ClN4O3S. The highest BCUT2D eigenvalue weighted by Gasteiger charge is 2.14. The quantitative estimate of drug-likeness (QED) is 0.236. The molecule has 32 heavy (non-hydrogen) atoms. The second kappa shape index (κ2) is 13.4. The number of rotatable bonds is 13. The van der Waals surface area contributed by atoms with Crippen molar-refractivity contribution in [3.05, 3.63) is 35.0 Å². The molecule has 0 spiro atoms. The molecule has 176 valence electrons. The van der Waals surface area contributed by atoms with E-state index >= 15 is 0 Å². The first-order valence-electron chi connectivity index (χ1n) is 10.8. The third kappa shape index (κ3) is 7.74. The van der Waals surface area contributed by atoms with Crippen molar-refractivity contribution in [2.75, 3.05) is 51.6 Å². The van der Waals surface area contributed by atoms with Crippen LogP contribution in [0.2, 0.25) is 5.15 Å². The van der Waals surface area contributed by atoms with Crippen LogP contribution in [0, 0.1) is 0 Å². The fourth-order valence-electron chi connectivity index (χ4n) is 3.19. The summed E-state index contributed by atoms with van der Waals surface area (Å²) in [4.78, 5) is 25.5. The van der Waals surface area contributed by atoms with Crippen LogP contribution in [0.5, 0.6) is 11.5 Å². The number of benzene rings is 1. The molecule has 0 unspecified atom stereocenters. The van der Waals surface area contributed by atoms with E-state index in [1.54, 1.807) is 32.2 Å². The minimum Gasteiger partial charge on any atom is -0.493 e. The number of carbonyl (C=O) groups excluding carboxylic acids is 1. The number of amides is 1. The van der Waals surface area contributed by atoms with Gasteiger partial charge in [0.15, 0.2) is 16.7 Å². The van der Waals surface area contributed by atoms with Gasteiger partial charge in [-0.2, -0.15) is 0 Å². The summed E-state index contributed by atoms with van der Waals surface area (Å²) in [5.74, 6) is 2.45. The van der Waals surface area contributed by atoms with Crippen LogP contribution in [-0.2, 0) is 11.2 Å². The van der Waals surface area contributed by atoms with Crippen molar-refractivity contribution >= 4 is 35.1 Å². The number of ether oxygens (including phenoxy) is 2. The molecule has 0 saturated heterocycles. The van der Waals surface area contributed by atoms with E-state index in [-0.39, 0.29) is 11.7 Å². The minimum atomic E-state index is 0.0135. The molecule has 0 saturated carbocycles. The van der Waals surface area contributed by atoms with Crippen molar-refractivity contribution in [1.29, 1.82) is 0 Å². The number of hydrogen-bond acceptors (Lipinski definition) is 7. The van der Waals surface area contributed by atoms with Crippen LogP contribution >= 0.6 is 23.4 Å². The number of halogens is 1. The minimum absolute atomic E-state index is 0.0135. The van der Waals surface area contributed by atoms with Crippen molar-refractivity contribution in [3.63, 3.8) is 0 Å². The maximum absolute atomic E-state index is 12.6. The standard InChI is InChI=1S/C23H33ClN4O3S/c1-6-11-28(12-7-2)21-15-20(24)25-23(26-21)32-16-22(29)27(3)13-10-17-8-9-18(30-4)19(14-17)31-5/h8-9,14-15H,6-7,10-13,16H2,1-5H3. The van der Waals surface area contributed by atoms with Gasteiger partial charge in [0, 0.05) is 32.7 Å². The SMILES string of the molecule is CCCN(CCC)c1cc(Cl)nc(SCC(=O)N(C)CCc2ccc(OC)c(OC)c2)n1. The fourth-order valence-corrected chi connectivity index (χ4v) is 4.21. The summed E-state index contributed by atoms with van der Waals surface area (Å²) < 4.78 is 10.6. The number of methoxy groups -OCH3 is 2. The summed E-state index contributed by atoms with van der Waals surface area (Å²) >= 11 is 7.54. The van der Waals surface area contributed by atoms with Crippen LogP contribution < -0.4 is 14.4 Å². The monoisotopic (exact) mass is 480 g/mol. The van der Waals surface area contributed by atoms with E-state index in [2.05, 4.69) is 28.7 Å². The van der Waals surface area contributed by atoms with Gasteiger partial charge in [-0.05, 0) is 37.0 Å². The summed E-state index contributed by atoms with van der Waals surface area (Å²) in [5.41, 5.74) is 1.07. The van der Waals surface area contributed by atoms with Crippen molar-refractivity contribution in [3.8, 4) is 11.5 Å². The number of aromatic nitrogens is 2. The molecule has 1 aromatic carbocycles. The van der Waals surface area contributed by atoms with Crippen LogP contribution in [-0.4, -0.2) is 67.4 Å². The largest absolute Gasteiger partial charge is 0.493 e. The summed E-state index contributed by atoms with van der Waals surface area (Å²) in [5, 5.41) is 0.912. The van der Waals surface area contributed by atoms with Gasteiger partial charge in [0.05, 0.1) is 20.0 Å². The molecule has 7 nitrogen and oxygen atoms in total. The predicted molar refractivity (Wildman–Crippen MR) is 131 cm³/mol. The molecule has 0 N–H and O–H groups in total. The Bertz CT molecular complexity index is 878. The highest BCUT2D eigenvalue weighted by atomic mass is 35.5. The molecule has 1 aromatic heterocycles. The first-order chi connectivity index (χ1) is 15.4. The third-order valence-electron chi connectivity index (χ3n) is 4.91. The van der Waals surface area contributed by atoms with E-state index in [4.69, 9.17) is 21.1 Å². The lowest BCUT2D eigenvalue weighted by Gasteiger charge is -2.23. The second-order valence-corrected chi connectivity index (χ2v) is 8.69. The molecular weight excluding hydrogens is 448 g/mol. The lowest BCUT2D eigenvalue weighted by atomic mass is 10.1. The van der Waals surface area contributed by atoms with E-state index < -0.39 is 0 Å². The van der Waals surface area contributed by atoms with E-state index in [0.717, 1.165) is 37.3 Å². The molecule has 0 aliphatic rings. The lowest BCUT2D eigenvalue weighted by molar-refractivity contribution is -0.127. The number of likely N-dealkylation sites (N-methyl/N-ethyl adjacent to an activating group) is 1. The highest BCUT2D eigenvalue weighted by molar-refractivity contribution is 7.99. The van der Waals surface area contributed by atoms with Crippen LogP contribution in [0.25, 0.3) is 0 Å². The molecule has 2 rings (SSSR count). The number of carbonyl (C=O) groups is 1. The molecule has 1 amide bonds. The predicted octanol–water partition coefficient (Wildman–Crippen LogP) is 4.57. The zero-order valence-electron chi connectivity index (χ0n) is 19.6. The zero-order chi connectivity index (χ0) is 23.5. The molecule has 0 radical (unpaired) electrons. The molecule has 0 fully saturated rings. The van der Waals surface area contributed by atoms with Crippen LogP contribution in [0.3, 0.4) is 0 Å². The Hall–Kier alpha value is -2.19. The second-order valence-electron chi connectivity index (χ2n) is 7.36. The first kappa shape index (κ1) is 26.1. The van der Waals surface area contributed by atoms with E-state index in [1.807, 2.05) is 18.2 Å². The van der Waals surface area contributed by atoms with Crippen LogP contribution in [0.15, 0.2) is 29.4 Å². The van der Waals surface area contributed by atoms with Gasteiger partial charge >= 0.3 is 0 Å². The molecule has 0 aliphatic heterocycles. The lowest BCUT2D eigenvalue weighted by Crippen LogP contribution is -2.30. The van der Waals surface area contributed by atoms with Gasteiger partial charge in [-0.15, -0.1) is 0 Å². The number of anilines is 1. The van der Waals surface area contributed by atoms with Gasteiger partial charge in [-0.1, -0.05) is 43.3 Å². The Balaban J connectivity index is 1.94. The third-order valence-corrected chi connectivity index (χ3v) is 5.93. The molecule has 0 bridgehead atoms. The van der Waals surface area contributed by atoms with Crippen molar-refractivity contribution in [2.45, 2.75) is 38.3 Å². The Kier molecular flexibility index (Phi) is 10.9. The van der Waals surface area contributed by atoms with Crippen molar-refractivity contribution in [2.24, 2.45) is 0 Å². The molecule has 0 aliphatic carbocycles. The number of nitrogens with zero attached hydrogens (tertiary/aromatic N) is 4. The summed E-state index contributed by atoms with van der Waals surface area (Å²) in [6, 6.07) is 7.58. The Morgan fingerprint density at radius 2 is 1.72 bits per heavy atom. The average molecular weight is 481 g/mol. The Morgan fingerprint density at radius 1 is 1.03 bits per heavy atom. The van der Waals surface area contributed by atoms with Gasteiger partial charge in [0.25, 0.3) is 0 Å². The number of hydrogen-bond donors (Lipinski definition) is 0. The Morgan fingerprint density at radius 3 is 2.34 bits per heavy atom. The van der Waals surface area contributed by atoms with E-state index in [9.17, 15) is 4.79 Å². The smallest absolute Gasteiger partial charge is 0.232 e. The Labute approximate surface area is 200 Å². The fraction of sp³-hybridized carbons (Fsp3) is 0.522. The van der Waals surface area contributed by atoms with Gasteiger partial charge in [-0.25, -0.2) is 9.97 Å². The van der Waals surface area contributed by atoms with E-state index in [1.165, 1.54) is 11.8 Å². The van der Waals surface area contributed by atoms with Gasteiger partial charge < -0.3 is 19.3 Å².